The van der Waals surface area contributed by atoms with E-state index < -0.39 is 0 Å². The van der Waals surface area contributed by atoms with Crippen molar-refractivity contribution in [2.45, 2.75) is 0 Å². The van der Waals surface area contributed by atoms with Gasteiger partial charge in [-0.25, -0.2) is 0 Å². The summed E-state index contributed by atoms with van der Waals surface area (Å²) in [5.41, 5.74) is 0. The predicted molar refractivity (Wildman–Crippen MR) is 62.7 cm³/mol. The highest BCUT2D eigenvalue weighted by Gasteiger charge is 1.89. The fourth-order valence-corrected chi connectivity index (χ4v) is 3.04. The van der Waals surface area contributed by atoms with Gasteiger partial charge in [0.05, 0.1) is 0 Å². The van der Waals surface area contributed by atoms with Gasteiger partial charge in [-0.2, -0.15) is 35.3 Å². The maximum absolute atomic E-state index is 3.77. The Morgan fingerprint density at radius 2 is 1.00 bits per heavy atom. The van der Waals surface area contributed by atoms with Crippen molar-refractivity contribution in [2.24, 2.45) is 0 Å². The lowest BCUT2D eigenvalue weighted by molar-refractivity contribution is 1.48. The molecule has 0 N–H and O–H groups in total. The highest BCUT2D eigenvalue weighted by atomic mass is 32.2. The molecule has 0 aliphatic heterocycles. The van der Waals surface area contributed by atoms with E-state index in [0.717, 1.165) is 11.5 Å². The van der Waals surface area contributed by atoms with Gasteiger partial charge in [0, 0.05) is 23.0 Å². The third-order valence-electron chi connectivity index (χ3n) is 1.03. The molecule has 0 aromatic heterocycles. The van der Waals surface area contributed by atoms with E-state index in [1.807, 2.05) is 35.3 Å². The number of hydrogen-bond acceptors (Lipinski definition) is 3. The standard InChI is InChI=1S/C8H16S3/c1-3-9-5-7-11-8-6-10-4-2/h1-8H2. The Morgan fingerprint density at radius 1 is 0.636 bits per heavy atom. The van der Waals surface area contributed by atoms with Crippen molar-refractivity contribution in [2.75, 3.05) is 34.5 Å². The van der Waals surface area contributed by atoms with Crippen LogP contribution in [0, 0.1) is 13.8 Å². The molecule has 0 saturated carbocycles. The topological polar surface area (TPSA) is 0 Å². The molecule has 0 bridgehead atoms. The molecule has 0 atom stereocenters. The predicted octanol–water partition coefficient (Wildman–Crippen LogP) is 2.85. The zero-order valence-electron chi connectivity index (χ0n) is 6.88. The number of rotatable bonds is 8. The van der Waals surface area contributed by atoms with Crippen molar-refractivity contribution in [1.82, 2.24) is 0 Å². The van der Waals surface area contributed by atoms with E-state index in [-0.39, 0.29) is 0 Å². The van der Waals surface area contributed by atoms with Crippen molar-refractivity contribution < 1.29 is 0 Å². The molecule has 66 valence electrons. The van der Waals surface area contributed by atoms with Crippen LogP contribution in [0.4, 0.5) is 0 Å². The third kappa shape index (κ3) is 11.0. The highest BCUT2D eigenvalue weighted by Crippen LogP contribution is 2.09. The van der Waals surface area contributed by atoms with Gasteiger partial charge in [-0.05, 0) is 25.4 Å². The Hall–Kier alpha value is 1.05. The Labute approximate surface area is 83.7 Å². The smallest absolute Gasteiger partial charge is 0.00238 e. The molecule has 0 aliphatic rings. The van der Waals surface area contributed by atoms with Crippen LogP contribution in [0.3, 0.4) is 0 Å². The zero-order chi connectivity index (χ0) is 8.36. The van der Waals surface area contributed by atoms with Gasteiger partial charge in [-0.15, -0.1) is 0 Å². The second kappa shape index (κ2) is 11.1. The summed E-state index contributed by atoms with van der Waals surface area (Å²) in [6.45, 7) is 7.55. The molecule has 0 aromatic carbocycles. The van der Waals surface area contributed by atoms with Crippen LogP contribution in [-0.2, 0) is 0 Å². The summed E-state index contributed by atoms with van der Waals surface area (Å²) in [5, 5.41) is 0. The van der Waals surface area contributed by atoms with Crippen LogP contribution >= 0.6 is 35.3 Å². The van der Waals surface area contributed by atoms with Crippen LogP contribution in [-0.4, -0.2) is 34.5 Å². The molecule has 0 nitrogen and oxygen atoms in total. The van der Waals surface area contributed by atoms with Crippen LogP contribution in [0.2, 0.25) is 0 Å². The van der Waals surface area contributed by atoms with Gasteiger partial charge in [-0.1, -0.05) is 0 Å². The molecular formula is C8H16S3. The lowest BCUT2D eigenvalue weighted by Crippen LogP contribution is -1.89. The number of thioether (sulfide) groups is 3. The molecular weight excluding hydrogens is 192 g/mol. The Balaban J connectivity index is 2.69. The molecule has 0 unspecified atom stereocenters. The molecule has 2 radical (unpaired) electrons. The highest BCUT2D eigenvalue weighted by molar-refractivity contribution is 8.04. The van der Waals surface area contributed by atoms with E-state index in [0.29, 0.717) is 0 Å². The van der Waals surface area contributed by atoms with E-state index >= 15 is 0 Å². The van der Waals surface area contributed by atoms with Gasteiger partial charge in [0.15, 0.2) is 0 Å². The van der Waals surface area contributed by atoms with Crippen molar-refractivity contribution in [3.05, 3.63) is 13.8 Å². The normalized spacial score (nSPS) is 10.4. The molecule has 0 aliphatic carbocycles. The summed E-state index contributed by atoms with van der Waals surface area (Å²) in [4.78, 5) is 0. The van der Waals surface area contributed by atoms with Gasteiger partial charge in [0.25, 0.3) is 0 Å². The monoisotopic (exact) mass is 208 g/mol. The first-order chi connectivity index (χ1) is 5.41. The second-order valence-corrected chi connectivity index (χ2v) is 5.51. The van der Waals surface area contributed by atoms with Gasteiger partial charge < -0.3 is 0 Å². The van der Waals surface area contributed by atoms with Gasteiger partial charge in [0.1, 0.15) is 0 Å². The van der Waals surface area contributed by atoms with Crippen LogP contribution < -0.4 is 0 Å². The lowest BCUT2D eigenvalue weighted by atomic mass is 10.9. The molecule has 0 saturated heterocycles. The first-order valence-electron chi connectivity index (χ1n) is 3.73. The minimum atomic E-state index is 1.01. The first kappa shape index (κ1) is 12.0. The van der Waals surface area contributed by atoms with Gasteiger partial charge in [-0.3, -0.25) is 0 Å². The largest absolute Gasteiger partial charge is 0.161 e. The quantitative estimate of drug-likeness (QED) is 0.563. The third-order valence-corrected chi connectivity index (χ3v) is 4.10. The SMILES string of the molecule is [CH2]CSCCSCCSC[CH2]. The van der Waals surface area contributed by atoms with E-state index in [1.54, 1.807) is 0 Å². The maximum atomic E-state index is 3.77. The van der Waals surface area contributed by atoms with Crippen LogP contribution in [0.25, 0.3) is 0 Å². The molecule has 0 fully saturated rings. The van der Waals surface area contributed by atoms with E-state index in [1.165, 1.54) is 23.0 Å². The molecule has 0 rings (SSSR count). The van der Waals surface area contributed by atoms with Crippen LogP contribution in [0.15, 0.2) is 0 Å². The van der Waals surface area contributed by atoms with Crippen molar-refractivity contribution >= 4 is 35.3 Å². The Morgan fingerprint density at radius 3 is 1.36 bits per heavy atom. The average molecular weight is 208 g/mol. The van der Waals surface area contributed by atoms with E-state index in [2.05, 4.69) is 13.8 Å². The molecule has 11 heavy (non-hydrogen) atoms. The summed E-state index contributed by atoms with van der Waals surface area (Å²) < 4.78 is 0. The summed E-state index contributed by atoms with van der Waals surface area (Å²) in [5.74, 6) is 7.07. The van der Waals surface area contributed by atoms with Crippen molar-refractivity contribution in [3.8, 4) is 0 Å². The average Bonchev–Trinajstić information content (AvgIpc) is 2.03. The fourth-order valence-electron chi connectivity index (χ4n) is 0.542. The second-order valence-electron chi connectivity index (χ2n) is 1.84. The Kier molecular flexibility index (Phi) is 12.1. The van der Waals surface area contributed by atoms with Gasteiger partial charge >= 0.3 is 0 Å². The first-order valence-corrected chi connectivity index (χ1v) is 7.20. The lowest BCUT2D eigenvalue weighted by Gasteiger charge is -1.99. The zero-order valence-corrected chi connectivity index (χ0v) is 9.33. The van der Waals surface area contributed by atoms with Crippen LogP contribution in [0.1, 0.15) is 0 Å². The number of hydrogen-bond donors (Lipinski definition) is 0. The summed E-state index contributed by atoms with van der Waals surface area (Å²) >= 11 is 5.88. The van der Waals surface area contributed by atoms with Crippen LogP contribution in [0.5, 0.6) is 0 Å². The molecule has 3 heteroatoms. The maximum Gasteiger partial charge on any atom is 0.00238 e. The molecule has 0 aromatic rings. The minimum Gasteiger partial charge on any atom is -0.161 e. The molecule has 0 heterocycles. The van der Waals surface area contributed by atoms with Crippen molar-refractivity contribution in [1.29, 1.82) is 0 Å². The van der Waals surface area contributed by atoms with Crippen molar-refractivity contribution in [3.63, 3.8) is 0 Å². The Bertz CT molecular complexity index is 58.4. The van der Waals surface area contributed by atoms with E-state index in [4.69, 9.17) is 0 Å². The molecule has 0 spiro atoms. The molecule has 0 amide bonds. The van der Waals surface area contributed by atoms with E-state index in [9.17, 15) is 0 Å². The minimum absolute atomic E-state index is 1.01. The summed E-state index contributed by atoms with van der Waals surface area (Å²) in [7, 11) is 0. The summed E-state index contributed by atoms with van der Waals surface area (Å²) in [6.07, 6.45) is 0. The van der Waals surface area contributed by atoms with Gasteiger partial charge in [0.2, 0.25) is 0 Å². The fraction of sp³-hybridized carbons (Fsp3) is 0.750. The summed E-state index contributed by atoms with van der Waals surface area (Å²) in [6, 6.07) is 0.